The van der Waals surface area contributed by atoms with Crippen molar-refractivity contribution in [3.8, 4) is 5.75 Å². The molecule has 5 heteroatoms. The highest BCUT2D eigenvalue weighted by atomic mass is 32.2. The Labute approximate surface area is 127 Å². The van der Waals surface area contributed by atoms with Gasteiger partial charge in [-0.05, 0) is 49.1 Å². The van der Waals surface area contributed by atoms with Gasteiger partial charge in [-0.3, -0.25) is 0 Å². The fourth-order valence-corrected chi connectivity index (χ4v) is 2.44. The fraction of sp³-hybridized carbons (Fsp3) is 0.250. The largest absolute Gasteiger partial charge is 0.435 e. The average molecular weight is 309 g/mol. The lowest BCUT2D eigenvalue weighted by molar-refractivity contribution is -0.0498. The number of benzene rings is 2. The molecule has 21 heavy (non-hydrogen) atoms. The molecule has 0 fully saturated rings. The molecule has 0 spiro atoms. The highest BCUT2D eigenvalue weighted by molar-refractivity contribution is 7.98. The lowest BCUT2D eigenvalue weighted by Crippen LogP contribution is -2.07. The number of ether oxygens (including phenoxy) is 1. The van der Waals surface area contributed by atoms with Crippen molar-refractivity contribution in [2.75, 3.05) is 11.6 Å². The molecule has 0 aliphatic carbocycles. The smallest absolute Gasteiger partial charge is 0.387 e. The second-order valence-corrected chi connectivity index (χ2v) is 5.43. The first-order chi connectivity index (χ1) is 10.1. The second kappa shape index (κ2) is 7.31. The Balaban J connectivity index is 2.03. The minimum Gasteiger partial charge on any atom is -0.435 e. The molecule has 0 saturated carbocycles. The van der Waals surface area contributed by atoms with Crippen molar-refractivity contribution in [1.29, 1.82) is 0 Å². The topological polar surface area (TPSA) is 21.3 Å². The quantitative estimate of drug-likeness (QED) is 0.743. The van der Waals surface area contributed by atoms with Crippen molar-refractivity contribution in [1.82, 2.24) is 0 Å². The van der Waals surface area contributed by atoms with Gasteiger partial charge in [0.15, 0.2) is 0 Å². The standard InChI is InChI=1S/C16H17F2NOS/c1-11(19-13-4-3-5-15(10-13)21-2)12-6-8-14(9-7-12)20-16(17)18/h3-11,16,19H,1-2H3. The summed E-state index contributed by atoms with van der Waals surface area (Å²) in [6.45, 7) is -0.768. The highest BCUT2D eigenvalue weighted by Gasteiger charge is 2.08. The summed E-state index contributed by atoms with van der Waals surface area (Å²) in [7, 11) is 0. The molecule has 0 amide bonds. The van der Waals surface area contributed by atoms with Crippen LogP contribution in [0.1, 0.15) is 18.5 Å². The van der Waals surface area contributed by atoms with Gasteiger partial charge in [-0.1, -0.05) is 18.2 Å². The first kappa shape index (κ1) is 15.6. The zero-order valence-electron chi connectivity index (χ0n) is 11.8. The van der Waals surface area contributed by atoms with Crippen LogP contribution < -0.4 is 10.1 Å². The van der Waals surface area contributed by atoms with Gasteiger partial charge in [-0.2, -0.15) is 8.78 Å². The van der Waals surface area contributed by atoms with Crippen LogP contribution in [0.4, 0.5) is 14.5 Å². The third kappa shape index (κ3) is 4.63. The molecule has 0 aliphatic heterocycles. The molecule has 0 bridgehead atoms. The zero-order valence-corrected chi connectivity index (χ0v) is 12.7. The Morgan fingerprint density at radius 3 is 2.43 bits per heavy atom. The minimum atomic E-state index is -2.79. The van der Waals surface area contributed by atoms with E-state index < -0.39 is 6.61 Å². The molecule has 2 rings (SSSR count). The number of thioether (sulfide) groups is 1. The summed E-state index contributed by atoms with van der Waals surface area (Å²) in [4.78, 5) is 1.19. The minimum absolute atomic E-state index is 0.0720. The number of rotatable bonds is 6. The van der Waals surface area contributed by atoms with Crippen molar-refractivity contribution in [2.24, 2.45) is 0 Å². The highest BCUT2D eigenvalue weighted by Crippen LogP contribution is 2.25. The fourth-order valence-electron chi connectivity index (χ4n) is 1.98. The zero-order chi connectivity index (χ0) is 15.2. The third-order valence-corrected chi connectivity index (χ3v) is 3.78. The normalized spacial score (nSPS) is 12.2. The molecule has 0 radical (unpaired) electrons. The van der Waals surface area contributed by atoms with Gasteiger partial charge in [0, 0.05) is 16.6 Å². The summed E-state index contributed by atoms with van der Waals surface area (Å²) < 4.78 is 28.5. The molecular formula is C16H17F2NOS. The number of alkyl halides is 2. The number of anilines is 1. The molecule has 0 aliphatic rings. The van der Waals surface area contributed by atoms with Gasteiger partial charge < -0.3 is 10.1 Å². The molecule has 2 aromatic rings. The monoisotopic (exact) mass is 309 g/mol. The van der Waals surface area contributed by atoms with Crippen LogP contribution in [0.3, 0.4) is 0 Å². The van der Waals surface area contributed by atoms with E-state index in [-0.39, 0.29) is 11.8 Å². The van der Waals surface area contributed by atoms with E-state index in [1.807, 2.05) is 25.3 Å². The van der Waals surface area contributed by atoms with Gasteiger partial charge in [-0.15, -0.1) is 11.8 Å². The van der Waals surface area contributed by atoms with E-state index in [2.05, 4.69) is 22.2 Å². The SMILES string of the molecule is CSc1cccc(NC(C)c2ccc(OC(F)F)cc2)c1. The molecule has 2 aromatic carbocycles. The second-order valence-electron chi connectivity index (χ2n) is 4.55. The molecule has 0 aromatic heterocycles. The third-order valence-electron chi connectivity index (χ3n) is 3.06. The van der Waals surface area contributed by atoms with E-state index in [1.165, 1.54) is 4.90 Å². The van der Waals surface area contributed by atoms with Gasteiger partial charge in [0.2, 0.25) is 0 Å². The molecule has 1 N–H and O–H groups in total. The number of nitrogens with one attached hydrogen (secondary N) is 1. The maximum Gasteiger partial charge on any atom is 0.387 e. The predicted molar refractivity (Wildman–Crippen MR) is 83.3 cm³/mol. The van der Waals surface area contributed by atoms with Crippen LogP contribution in [0.5, 0.6) is 5.75 Å². The summed E-state index contributed by atoms with van der Waals surface area (Å²) in [5.41, 5.74) is 2.04. The van der Waals surface area contributed by atoms with E-state index >= 15 is 0 Å². The van der Waals surface area contributed by atoms with Crippen LogP contribution in [0, 0.1) is 0 Å². The number of hydrogen-bond acceptors (Lipinski definition) is 3. The van der Waals surface area contributed by atoms with Crippen LogP contribution in [0.25, 0.3) is 0 Å². The van der Waals surface area contributed by atoms with Gasteiger partial charge in [-0.25, -0.2) is 0 Å². The van der Waals surface area contributed by atoms with Gasteiger partial charge >= 0.3 is 6.61 Å². The molecule has 1 unspecified atom stereocenters. The van der Waals surface area contributed by atoms with E-state index in [1.54, 1.807) is 36.0 Å². The lowest BCUT2D eigenvalue weighted by Gasteiger charge is -2.16. The predicted octanol–water partition coefficient (Wildman–Crippen LogP) is 5.18. The molecule has 112 valence electrons. The van der Waals surface area contributed by atoms with E-state index in [4.69, 9.17) is 0 Å². The Bertz CT molecular complexity index is 575. The van der Waals surface area contributed by atoms with E-state index in [9.17, 15) is 8.78 Å². The first-order valence-corrected chi connectivity index (χ1v) is 7.76. The van der Waals surface area contributed by atoms with Crippen LogP contribution in [0.2, 0.25) is 0 Å². The molecule has 2 nitrogen and oxygen atoms in total. The Kier molecular flexibility index (Phi) is 5.44. The van der Waals surface area contributed by atoms with Crippen LogP contribution in [-0.4, -0.2) is 12.9 Å². The van der Waals surface area contributed by atoms with Gasteiger partial charge in [0.05, 0.1) is 0 Å². The average Bonchev–Trinajstić information content (AvgIpc) is 2.47. The van der Waals surface area contributed by atoms with Crippen molar-refractivity contribution >= 4 is 17.4 Å². The first-order valence-electron chi connectivity index (χ1n) is 6.54. The summed E-state index contributed by atoms with van der Waals surface area (Å²) in [6, 6.07) is 14.9. The number of halogens is 2. The van der Waals surface area contributed by atoms with Crippen LogP contribution in [0.15, 0.2) is 53.4 Å². The van der Waals surface area contributed by atoms with Gasteiger partial charge in [0.25, 0.3) is 0 Å². The molecular weight excluding hydrogens is 292 g/mol. The van der Waals surface area contributed by atoms with Crippen LogP contribution >= 0.6 is 11.8 Å². The van der Waals surface area contributed by atoms with E-state index in [0.29, 0.717) is 0 Å². The van der Waals surface area contributed by atoms with Crippen molar-refractivity contribution < 1.29 is 13.5 Å². The molecule has 0 heterocycles. The van der Waals surface area contributed by atoms with Gasteiger partial charge in [0.1, 0.15) is 5.75 Å². The summed E-state index contributed by atoms with van der Waals surface area (Å²) in [5.74, 6) is 0.172. The Hall–Kier alpha value is -1.75. The van der Waals surface area contributed by atoms with E-state index in [0.717, 1.165) is 11.3 Å². The maximum atomic E-state index is 12.1. The molecule has 0 saturated heterocycles. The summed E-state index contributed by atoms with van der Waals surface area (Å²) in [6.07, 6.45) is 2.03. The molecule has 1 atom stereocenters. The maximum absolute atomic E-state index is 12.1. The van der Waals surface area contributed by atoms with Crippen LogP contribution in [-0.2, 0) is 0 Å². The van der Waals surface area contributed by atoms with Crippen molar-refractivity contribution in [3.05, 3.63) is 54.1 Å². The summed E-state index contributed by atoms with van der Waals surface area (Å²) in [5, 5.41) is 3.39. The van der Waals surface area contributed by atoms with Crippen molar-refractivity contribution in [3.63, 3.8) is 0 Å². The lowest BCUT2D eigenvalue weighted by atomic mass is 10.1. The Morgan fingerprint density at radius 1 is 1.10 bits per heavy atom. The number of hydrogen-bond donors (Lipinski definition) is 1. The Morgan fingerprint density at radius 2 is 1.81 bits per heavy atom. The summed E-state index contributed by atoms with van der Waals surface area (Å²) >= 11 is 1.69. The van der Waals surface area contributed by atoms with Crippen molar-refractivity contribution in [2.45, 2.75) is 24.5 Å².